The average Bonchev–Trinajstić information content (AvgIpc) is 3.42. The van der Waals surface area contributed by atoms with E-state index >= 15 is 0 Å². The van der Waals surface area contributed by atoms with Gasteiger partial charge in [-0.2, -0.15) is 4.31 Å². The van der Waals surface area contributed by atoms with E-state index in [9.17, 15) is 21.6 Å². The summed E-state index contributed by atoms with van der Waals surface area (Å²) in [5, 5.41) is 1.75. The Morgan fingerprint density at radius 2 is 1.90 bits per heavy atom. The smallest absolute Gasteiger partial charge is 0.252 e. The Kier molecular flexibility index (Phi) is 6.16. The molecule has 0 spiro atoms. The van der Waals surface area contributed by atoms with Gasteiger partial charge in [0.05, 0.1) is 18.1 Å². The Bertz CT molecular complexity index is 1170. The molecule has 0 aromatic carbocycles. The van der Waals surface area contributed by atoms with Gasteiger partial charge < -0.3 is 4.57 Å². The Morgan fingerprint density at radius 3 is 2.48 bits per heavy atom. The lowest BCUT2D eigenvalue weighted by molar-refractivity contribution is 0.0901. The van der Waals surface area contributed by atoms with Crippen molar-refractivity contribution in [1.82, 2.24) is 13.8 Å². The number of carbonyl (C=O) groups excluding carboxylic acids is 1. The monoisotopic (exact) mass is 485 g/mol. The van der Waals surface area contributed by atoms with Gasteiger partial charge in [0, 0.05) is 49.2 Å². The molecular weight excluding hydrogens is 458 g/mol. The standard InChI is InChI=1S/C20H27N3O5S3/c1-15-12-18(16(2)23(15)17-5-11-30(25,26)14-17)19(24)13-21-6-8-22(9-7-21)31(27,28)20-4-3-10-29-20/h3-4,10,12,17H,5-9,11,13-14H2,1-2H3. The summed E-state index contributed by atoms with van der Waals surface area (Å²) in [6.07, 6.45) is 0.576. The molecule has 31 heavy (non-hydrogen) atoms. The highest BCUT2D eigenvalue weighted by molar-refractivity contribution is 7.91. The number of rotatable bonds is 6. The maximum absolute atomic E-state index is 13.0. The van der Waals surface area contributed by atoms with Crippen LogP contribution >= 0.6 is 11.3 Å². The van der Waals surface area contributed by atoms with Crippen molar-refractivity contribution in [1.29, 1.82) is 0 Å². The molecule has 4 rings (SSSR count). The first-order valence-electron chi connectivity index (χ1n) is 10.3. The number of piperazine rings is 1. The average molecular weight is 486 g/mol. The maximum Gasteiger partial charge on any atom is 0.252 e. The van der Waals surface area contributed by atoms with E-state index in [-0.39, 0.29) is 29.9 Å². The van der Waals surface area contributed by atoms with Crippen LogP contribution in [-0.2, 0) is 19.9 Å². The highest BCUT2D eigenvalue weighted by Crippen LogP contribution is 2.29. The Morgan fingerprint density at radius 1 is 1.19 bits per heavy atom. The predicted molar refractivity (Wildman–Crippen MR) is 120 cm³/mol. The number of sulfonamides is 1. The van der Waals surface area contributed by atoms with Gasteiger partial charge in [-0.25, -0.2) is 16.8 Å². The molecule has 2 aliphatic rings. The maximum atomic E-state index is 13.0. The molecule has 1 atom stereocenters. The third-order valence-electron chi connectivity index (χ3n) is 6.15. The second kappa shape index (κ2) is 8.43. The molecule has 0 N–H and O–H groups in total. The van der Waals surface area contributed by atoms with Crippen molar-refractivity contribution in [3.8, 4) is 0 Å². The van der Waals surface area contributed by atoms with Crippen LogP contribution in [-0.4, -0.2) is 80.6 Å². The fourth-order valence-electron chi connectivity index (χ4n) is 4.55. The number of carbonyl (C=O) groups is 1. The lowest BCUT2D eigenvalue weighted by Gasteiger charge is -2.33. The summed E-state index contributed by atoms with van der Waals surface area (Å²) in [7, 11) is -6.47. The molecule has 2 aromatic rings. The molecule has 0 radical (unpaired) electrons. The zero-order chi connectivity index (χ0) is 22.4. The summed E-state index contributed by atoms with van der Waals surface area (Å²) in [6, 6.07) is 5.07. The zero-order valence-electron chi connectivity index (χ0n) is 17.7. The summed E-state index contributed by atoms with van der Waals surface area (Å²) < 4.78 is 52.9. The summed E-state index contributed by atoms with van der Waals surface area (Å²) in [5.41, 5.74) is 2.33. The number of aromatic nitrogens is 1. The van der Waals surface area contributed by atoms with Crippen LogP contribution in [0.2, 0.25) is 0 Å². The van der Waals surface area contributed by atoms with Crippen LogP contribution in [0.25, 0.3) is 0 Å². The minimum absolute atomic E-state index is 0.0187. The first-order chi connectivity index (χ1) is 14.6. The van der Waals surface area contributed by atoms with Crippen molar-refractivity contribution in [2.75, 3.05) is 44.2 Å². The summed E-state index contributed by atoms with van der Waals surface area (Å²) >= 11 is 1.21. The van der Waals surface area contributed by atoms with Crippen LogP contribution in [0.1, 0.15) is 34.2 Å². The topological polar surface area (TPSA) is 96.8 Å². The first-order valence-corrected chi connectivity index (χ1v) is 14.4. The van der Waals surface area contributed by atoms with Crippen LogP contribution in [0.3, 0.4) is 0 Å². The number of nitrogens with zero attached hydrogens (tertiary/aromatic N) is 3. The molecule has 4 heterocycles. The fourth-order valence-corrected chi connectivity index (χ4v) is 8.82. The minimum atomic E-state index is -3.46. The molecule has 2 saturated heterocycles. The van der Waals surface area contributed by atoms with E-state index in [1.54, 1.807) is 17.5 Å². The molecular formula is C20H27N3O5S3. The van der Waals surface area contributed by atoms with Crippen LogP contribution in [0.5, 0.6) is 0 Å². The molecule has 2 aromatic heterocycles. The third kappa shape index (κ3) is 4.51. The van der Waals surface area contributed by atoms with Crippen LogP contribution in [0.4, 0.5) is 0 Å². The second-order valence-corrected chi connectivity index (χ2v) is 13.6. The Balaban J connectivity index is 1.40. The highest BCUT2D eigenvalue weighted by Gasteiger charge is 2.33. The van der Waals surface area contributed by atoms with Gasteiger partial charge in [-0.15, -0.1) is 11.3 Å². The van der Waals surface area contributed by atoms with Crippen LogP contribution in [0, 0.1) is 13.8 Å². The number of ketones is 1. The van der Waals surface area contributed by atoms with E-state index in [0.717, 1.165) is 11.4 Å². The second-order valence-electron chi connectivity index (χ2n) is 8.25. The largest absolute Gasteiger partial charge is 0.344 e. The van der Waals surface area contributed by atoms with Crippen LogP contribution < -0.4 is 0 Å². The van der Waals surface area contributed by atoms with E-state index in [1.165, 1.54) is 15.6 Å². The quantitative estimate of drug-likeness (QED) is 0.578. The van der Waals surface area contributed by atoms with Crippen molar-refractivity contribution in [2.24, 2.45) is 0 Å². The SMILES string of the molecule is Cc1cc(C(=O)CN2CCN(S(=O)(=O)c3cccs3)CC2)c(C)n1C1CCS(=O)(=O)C1. The molecule has 0 amide bonds. The predicted octanol–water partition coefficient (Wildman–Crippen LogP) is 1.72. The fraction of sp³-hybridized carbons (Fsp3) is 0.550. The molecule has 0 aliphatic carbocycles. The first kappa shape index (κ1) is 22.7. The van der Waals surface area contributed by atoms with Crippen molar-refractivity contribution >= 4 is 37.0 Å². The lowest BCUT2D eigenvalue weighted by Crippen LogP contribution is -2.49. The van der Waals surface area contributed by atoms with Gasteiger partial charge >= 0.3 is 0 Å². The minimum Gasteiger partial charge on any atom is -0.344 e. The molecule has 0 saturated carbocycles. The van der Waals surface area contributed by atoms with E-state index in [4.69, 9.17) is 0 Å². The summed E-state index contributed by atoms with van der Waals surface area (Å²) in [5.74, 6) is 0.295. The van der Waals surface area contributed by atoms with Gasteiger partial charge in [-0.3, -0.25) is 9.69 Å². The number of hydrogen-bond acceptors (Lipinski definition) is 7. The van der Waals surface area contributed by atoms with Gasteiger partial charge in [0.2, 0.25) is 0 Å². The van der Waals surface area contributed by atoms with Gasteiger partial charge in [0.25, 0.3) is 10.0 Å². The molecule has 170 valence electrons. The molecule has 2 aliphatic heterocycles. The molecule has 11 heteroatoms. The Hall–Kier alpha value is -1.53. The van der Waals surface area contributed by atoms with Crippen molar-refractivity contribution in [3.05, 3.63) is 40.5 Å². The van der Waals surface area contributed by atoms with Crippen molar-refractivity contribution in [2.45, 2.75) is 30.5 Å². The highest BCUT2D eigenvalue weighted by atomic mass is 32.2. The molecule has 0 bridgehead atoms. The summed E-state index contributed by atoms with van der Waals surface area (Å²) in [4.78, 5) is 15.0. The van der Waals surface area contributed by atoms with Gasteiger partial charge in [-0.1, -0.05) is 6.07 Å². The lowest BCUT2D eigenvalue weighted by atomic mass is 10.1. The number of thiophene rings is 1. The van der Waals surface area contributed by atoms with E-state index < -0.39 is 19.9 Å². The molecule has 2 fully saturated rings. The third-order valence-corrected chi connectivity index (χ3v) is 11.2. The molecule has 8 nitrogen and oxygen atoms in total. The Labute approximate surface area is 187 Å². The summed E-state index contributed by atoms with van der Waals surface area (Å²) in [6.45, 7) is 5.70. The van der Waals surface area contributed by atoms with E-state index in [2.05, 4.69) is 0 Å². The van der Waals surface area contributed by atoms with E-state index in [0.29, 0.717) is 42.4 Å². The number of sulfone groups is 1. The van der Waals surface area contributed by atoms with Gasteiger partial charge in [-0.05, 0) is 37.8 Å². The normalized spacial score (nSPS) is 22.7. The van der Waals surface area contributed by atoms with Gasteiger partial charge in [0.1, 0.15) is 4.21 Å². The van der Waals surface area contributed by atoms with Crippen molar-refractivity contribution in [3.63, 3.8) is 0 Å². The zero-order valence-corrected chi connectivity index (χ0v) is 20.1. The number of aryl methyl sites for hydroxylation is 1. The van der Waals surface area contributed by atoms with Gasteiger partial charge in [0.15, 0.2) is 15.6 Å². The van der Waals surface area contributed by atoms with Crippen LogP contribution in [0.15, 0.2) is 27.8 Å². The van der Waals surface area contributed by atoms with E-state index in [1.807, 2.05) is 29.4 Å². The van der Waals surface area contributed by atoms with Crippen molar-refractivity contribution < 1.29 is 21.6 Å². The molecule has 1 unspecified atom stereocenters. The number of Topliss-reactive ketones (excluding diaryl/α,β-unsaturated/α-hetero) is 1. The number of hydrogen-bond donors (Lipinski definition) is 0.